The molecule has 2 saturated carbocycles. The molecule has 0 bridgehead atoms. The van der Waals surface area contributed by atoms with Crippen LogP contribution in [0.25, 0.3) is 0 Å². The third kappa shape index (κ3) is 2.84. The largest absolute Gasteiger partial charge is 0.394 e. The molecular weight excluding hydrogens is 238 g/mol. The minimum Gasteiger partial charge on any atom is -0.394 e. The van der Waals surface area contributed by atoms with E-state index in [4.69, 9.17) is 0 Å². The fraction of sp³-hybridized carbons (Fsp3) is 0.800. The van der Waals surface area contributed by atoms with Gasteiger partial charge in [-0.15, -0.1) is 0 Å². The average molecular weight is 263 g/mol. The van der Waals surface area contributed by atoms with Gasteiger partial charge in [0, 0.05) is 24.3 Å². The first kappa shape index (κ1) is 13.1. The number of nitrogens with one attached hydrogen (secondary N) is 1. The van der Waals surface area contributed by atoms with E-state index in [-0.39, 0.29) is 12.1 Å². The molecule has 4 heteroatoms. The zero-order chi connectivity index (χ0) is 13.3. The molecule has 0 spiro atoms. The summed E-state index contributed by atoms with van der Waals surface area (Å²) >= 11 is 0. The van der Waals surface area contributed by atoms with Crippen LogP contribution in [-0.2, 0) is 6.54 Å². The zero-order valence-corrected chi connectivity index (χ0v) is 11.8. The molecule has 0 radical (unpaired) electrons. The Hall–Kier alpha value is -0.870. The van der Waals surface area contributed by atoms with Gasteiger partial charge in [-0.05, 0) is 31.6 Å². The van der Waals surface area contributed by atoms with Crippen LogP contribution in [-0.4, -0.2) is 26.8 Å². The molecule has 2 aliphatic carbocycles. The van der Waals surface area contributed by atoms with Gasteiger partial charge in [-0.25, -0.2) is 4.98 Å². The molecule has 1 aromatic rings. The Balaban J connectivity index is 1.64. The lowest BCUT2D eigenvalue weighted by atomic mass is 9.77. The van der Waals surface area contributed by atoms with Crippen LogP contribution in [0.15, 0.2) is 12.5 Å². The summed E-state index contributed by atoms with van der Waals surface area (Å²) in [7, 11) is 0. The maximum atomic E-state index is 9.79. The Morgan fingerprint density at radius 1 is 1.47 bits per heavy atom. The molecule has 0 saturated heterocycles. The summed E-state index contributed by atoms with van der Waals surface area (Å²) < 4.78 is 2.30. The fourth-order valence-electron chi connectivity index (χ4n) is 3.45. The summed E-state index contributed by atoms with van der Waals surface area (Å²) in [6.07, 6.45) is 11.2. The molecule has 2 N–H and O–H groups in total. The number of aliphatic hydroxyl groups excluding tert-OH is 1. The van der Waals surface area contributed by atoms with E-state index in [2.05, 4.69) is 21.8 Å². The molecule has 1 aromatic heterocycles. The molecule has 0 aromatic carbocycles. The van der Waals surface area contributed by atoms with Gasteiger partial charge in [0.15, 0.2) is 0 Å². The van der Waals surface area contributed by atoms with Crippen molar-refractivity contribution in [2.45, 2.75) is 63.6 Å². The maximum absolute atomic E-state index is 9.79. The lowest BCUT2D eigenvalue weighted by molar-refractivity contribution is 0.0976. The Morgan fingerprint density at radius 3 is 3.00 bits per heavy atom. The quantitative estimate of drug-likeness (QED) is 0.856. The Morgan fingerprint density at radius 2 is 2.32 bits per heavy atom. The molecule has 3 rings (SSSR count). The van der Waals surface area contributed by atoms with Crippen LogP contribution in [0.3, 0.4) is 0 Å². The highest BCUT2D eigenvalue weighted by Gasteiger charge is 2.34. The van der Waals surface area contributed by atoms with E-state index in [1.165, 1.54) is 31.4 Å². The summed E-state index contributed by atoms with van der Waals surface area (Å²) in [6, 6.07) is 0.676. The second kappa shape index (κ2) is 5.25. The number of hydrogen-bond acceptors (Lipinski definition) is 3. The van der Waals surface area contributed by atoms with E-state index in [1.54, 1.807) is 0 Å². The highest BCUT2D eigenvalue weighted by Crippen LogP contribution is 2.36. The smallest absolute Gasteiger partial charge is 0.0951 e. The first-order valence-corrected chi connectivity index (χ1v) is 7.59. The molecule has 106 valence electrons. The molecule has 0 aliphatic heterocycles. The molecule has 4 nitrogen and oxygen atoms in total. The summed E-state index contributed by atoms with van der Waals surface area (Å²) in [5.74, 6) is 0.710. The SMILES string of the molecule is CC1CCCC(CO)(NCc2cncn2C2CC2)C1. The van der Waals surface area contributed by atoms with Crippen LogP contribution < -0.4 is 5.32 Å². The molecule has 2 atom stereocenters. The Bertz CT molecular complexity index is 427. The standard InChI is InChI=1S/C15H25N3O/c1-12-3-2-6-15(7-12,10-19)17-9-14-8-16-11-18(14)13-4-5-13/h8,11-13,17,19H,2-7,9-10H2,1H3. The van der Waals surface area contributed by atoms with Gasteiger partial charge in [-0.2, -0.15) is 0 Å². The summed E-state index contributed by atoms with van der Waals surface area (Å²) in [6.45, 7) is 3.36. The van der Waals surface area contributed by atoms with Crippen molar-refractivity contribution in [3.05, 3.63) is 18.2 Å². The molecule has 2 aliphatic rings. The van der Waals surface area contributed by atoms with E-state index in [0.717, 1.165) is 19.4 Å². The minimum atomic E-state index is -0.0731. The summed E-state index contributed by atoms with van der Waals surface area (Å²) in [5.41, 5.74) is 1.18. The number of rotatable bonds is 5. The van der Waals surface area contributed by atoms with Crippen molar-refractivity contribution in [3.63, 3.8) is 0 Å². The van der Waals surface area contributed by atoms with Crippen LogP contribution in [0.1, 0.15) is 57.2 Å². The van der Waals surface area contributed by atoms with Crippen LogP contribution in [0.2, 0.25) is 0 Å². The zero-order valence-electron chi connectivity index (χ0n) is 11.8. The number of nitrogens with zero attached hydrogens (tertiary/aromatic N) is 2. The number of aliphatic hydroxyl groups is 1. The third-order valence-corrected chi connectivity index (χ3v) is 4.73. The van der Waals surface area contributed by atoms with E-state index >= 15 is 0 Å². The second-order valence-corrected chi connectivity index (χ2v) is 6.52. The van der Waals surface area contributed by atoms with Crippen molar-refractivity contribution in [1.29, 1.82) is 0 Å². The van der Waals surface area contributed by atoms with Gasteiger partial charge >= 0.3 is 0 Å². The van der Waals surface area contributed by atoms with Crippen molar-refractivity contribution < 1.29 is 5.11 Å². The molecule has 19 heavy (non-hydrogen) atoms. The molecule has 0 amide bonds. The summed E-state index contributed by atoms with van der Waals surface area (Å²) in [5, 5.41) is 13.4. The van der Waals surface area contributed by atoms with Crippen LogP contribution in [0.5, 0.6) is 0 Å². The Labute approximate surface area is 115 Å². The molecule has 2 fully saturated rings. The van der Waals surface area contributed by atoms with Crippen LogP contribution in [0, 0.1) is 5.92 Å². The van der Waals surface area contributed by atoms with Crippen LogP contribution >= 0.6 is 0 Å². The normalized spacial score (nSPS) is 31.6. The number of hydrogen-bond donors (Lipinski definition) is 2. The molecular formula is C15H25N3O. The lowest BCUT2D eigenvalue weighted by Gasteiger charge is -2.39. The third-order valence-electron chi connectivity index (χ3n) is 4.73. The van der Waals surface area contributed by atoms with E-state index in [0.29, 0.717) is 12.0 Å². The maximum Gasteiger partial charge on any atom is 0.0951 e. The number of aromatic nitrogens is 2. The van der Waals surface area contributed by atoms with E-state index in [9.17, 15) is 5.11 Å². The van der Waals surface area contributed by atoms with Crippen LogP contribution in [0.4, 0.5) is 0 Å². The molecule has 1 heterocycles. The van der Waals surface area contributed by atoms with Gasteiger partial charge in [0.1, 0.15) is 0 Å². The first-order chi connectivity index (χ1) is 9.22. The van der Waals surface area contributed by atoms with Gasteiger partial charge in [0.2, 0.25) is 0 Å². The predicted molar refractivity (Wildman–Crippen MR) is 74.8 cm³/mol. The predicted octanol–water partition coefficient (Wildman–Crippen LogP) is 2.25. The van der Waals surface area contributed by atoms with Gasteiger partial charge in [0.25, 0.3) is 0 Å². The van der Waals surface area contributed by atoms with E-state index < -0.39 is 0 Å². The van der Waals surface area contributed by atoms with Gasteiger partial charge in [0.05, 0.1) is 18.6 Å². The second-order valence-electron chi connectivity index (χ2n) is 6.52. The Kier molecular flexibility index (Phi) is 3.63. The molecule has 2 unspecified atom stereocenters. The van der Waals surface area contributed by atoms with Gasteiger partial charge in [-0.3, -0.25) is 0 Å². The van der Waals surface area contributed by atoms with Crippen molar-refractivity contribution in [3.8, 4) is 0 Å². The monoisotopic (exact) mass is 263 g/mol. The van der Waals surface area contributed by atoms with Crippen molar-refractivity contribution in [1.82, 2.24) is 14.9 Å². The fourth-order valence-corrected chi connectivity index (χ4v) is 3.45. The topological polar surface area (TPSA) is 50.1 Å². The number of imidazole rings is 1. The summed E-state index contributed by atoms with van der Waals surface area (Å²) in [4.78, 5) is 4.27. The van der Waals surface area contributed by atoms with Gasteiger partial charge < -0.3 is 15.0 Å². The first-order valence-electron chi connectivity index (χ1n) is 7.59. The highest BCUT2D eigenvalue weighted by atomic mass is 16.3. The van der Waals surface area contributed by atoms with Crippen molar-refractivity contribution in [2.24, 2.45) is 5.92 Å². The van der Waals surface area contributed by atoms with Gasteiger partial charge in [-0.1, -0.05) is 19.8 Å². The van der Waals surface area contributed by atoms with E-state index in [1.807, 2.05) is 12.5 Å². The average Bonchev–Trinajstić information content (AvgIpc) is 3.15. The van der Waals surface area contributed by atoms with Crippen molar-refractivity contribution >= 4 is 0 Å². The minimum absolute atomic E-state index is 0.0731. The lowest BCUT2D eigenvalue weighted by Crippen LogP contribution is -2.51. The van der Waals surface area contributed by atoms with Crippen molar-refractivity contribution in [2.75, 3.05) is 6.61 Å². The highest BCUT2D eigenvalue weighted by molar-refractivity contribution is 5.05.